The fourth-order valence-electron chi connectivity index (χ4n) is 2.09. The lowest BCUT2D eigenvalue weighted by Crippen LogP contribution is -2.38. The van der Waals surface area contributed by atoms with Crippen LogP contribution in [-0.2, 0) is 6.54 Å². The van der Waals surface area contributed by atoms with E-state index < -0.39 is 0 Å². The van der Waals surface area contributed by atoms with Crippen molar-refractivity contribution >= 4 is 17.3 Å². The lowest BCUT2D eigenvalue weighted by Gasteiger charge is -2.32. The molecule has 4 heteroatoms. The average Bonchev–Trinajstić information content (AvgIpc) is 2.29. The maximum absolute atomic E-state index is 9.62. The van der Waals surface area contributed by atoms with Crippen LogP contribution in [0.3, 0.4) is 0 Å². The van der Waals surface area contributed by atoms with Crippen LogP contribution in [0.4, 0.5) is 5.69 Å². The van der Waals surface area contributed by atoms with Crippen molar-refractivity contribution in [2.45, 2.75) is 25.5 Å². The van der Waals surface area contributed by atoms with Gasteiger partial charge in [0.25, 0.3) is 0 Å². The summed E-state index contributed by atoms with van der Waals surface area (Å²) in [6, 6.07) is 5.91. The third kappa shape index (κ3) is 2.48. The van der Waals surface area contributed by atoms with Gasteiger partial charge in [-0.05, 0) is 30.5 Å². The first kappa shape index (κ1) is 11.7. The highest BCUT2D eigenvalue weighted by molar-refractivity contribution is 6.31. The Morgan fingerprint density at radius 1 is 1.50 bits per heavy atom. The molecule has 1 unspecified atom stereocenters. The van der Waals surface area contributed by atoms with Gasteiger partial charge in [-0.3, -0.25) is 0 Å². The first-order valence-electron chi connectivity index (χ1n) is 5.62. The van der Waals surface area contributed by atoms with Gasteiger partial charge in [0.2, 0.25) is 0 Å². The summed E-state index contributed by atoms with van der Waals surface area (Å²) in [5.41, 5.74) is 7.59. The van der Waals surface area contributed by atoms with E-state index in [-0.39, 0.29) is 6.10 Å². The lowest BCUT2D eigenvalue weighted by atomic mass is 10.1. The van der Waals surface area contributed by atoms with Crippen molar-refractivity contribution < 1.29 is 5.11 Å². The van der Waals surface area contributed by atoms with E-state index in [9.17, 15) is 5.11 Å². The molecule has 0 aliphatic carbocycles. The fourth-order valence-corrected chi connectivity index (χ4v) is 2.34. The third-order valence-electron chi connectivity index (χ3n) is 3.02. The molecule has 2 rings (SSSR count). The van der Waals surface area contributed by atoms with Gasteiger partial charge in [-0.2, -0.15) is 0 Å². The SMILES string of the molecule is NCc1ccc(N2CCCC(O)C2)cc1Cl. The summed E-state index contributed by atoms with van der Waals surface area (Å²) in [5.74, 6) is 0. The molecule has 0 spiro atoms. The van der Waals surface area contributed by atoms with Gasteiger partial charge in [0.05, 0.1) is 6.10 Å². The largest absolute Gasteiger partial charge is 0.391 e. The maximum atomic E-state index is 9.62. The number of anilines is 1. The number of aliphatic hydroxyl groups excluding tert-OH is 1. The molecule has 3 N–H and O–H groups in total. The Hall–Kier alpha value is -0.770. The molecule has 0 saturated carbocycles. The Morgan fingerprint density at radius 3 is 2.94 bits per heavy atom. The van der Waals surface area contributed by atoms with Crippen LogP contribution in [0.5, 0.6) is 0 Å². The molecule has 16 heavy (non-hydrogen) atoms. The van der Waals surface area contributed by atoms with Crippen LogP contribution in [0.1, 0.15) is 18.4 Å². The van der Waals surface area contributed by atoms with Crippen molar-refractivity contribution in [3.8, 4) is 0 Å². The van der Waals surface area contributed by atoms with E-state index in [2.05, 4.69) is 4.90 Å². The Kier molecular flexibility index (Phi) is 3.69. The highest BCUT2D eigenvalue weighted by atomic mass is 35.5. The molecule has 0 radical (unpaired) electrons. The number of β-amino-alcohol motifs (C(OH)–C–C–N with tert-alkyl or cyclic N) is 1. The van der Waals surface area contributed by atoms with Crippen LogP contribution in [0.25, 0.3) is 0 Å². The summed E-state index contributed by atoms with van der Waals surface area (Å²) in [6.07, 6.45) is 1.70. The second-order valence-electron chi connectivity index (χ2n) is 4.22. The molecule has 1 heterocycles. The van der Waals surface area contributed by atoms with Crippen molar-refractivity contribution in [1.82, 2.24) is 0 Å². The Bertz CT molecular complexity index is 370. The van der Waals surface area contributed by atoms with Gasteiger partial charge in [-0.1, -0.05) is 17.7 Å². The van der Waals surface area contributed by atoms with Gasteiger partial charge >= 0.3 is 0 Å². The number of benzene rings is 1. The lowest BCUT2D eigenvalue weighted by molar-refractivity contribution is 0.154. The minimum Gasteiger partial charge on any atom is -0.391 e. The van der Waals surface area contributed by atoms with Crippen molar-refractivity contribution in [3.63, 3.8) is 0 Å². The molecule has 0 amide bonds. The van der Waals surface area contributed by atoms with Crippen molar-refractivity contribution in [1.29, 1.82) is 0 Å². The molecular formula is C12H17ClN2O. The van der Waals surface area contributed by atoms with E-state index in [1.165, 1.54) is 0 Å². The van der Waals surface area contributed by atoms with Crippen LogP contribution in [-0.4, -0.2) is 24.3 Å². The molecule has 1 aliphatic heterocycles. The standard InChI is InChI=1S/C12H17ClN2O/c13-12-6-10(4-3-9(12)7-14)15-5-1-2-11(16)8-15/h3-4,6,11,16H,1-2,5,7-8,14H2. The molecule has 0 aromatic heterocycles. The van der Waals surface area contributed by atoms with Gasteiger partial charge in [-0.25, -0.2) is 0 Å². The highest BCUT2D eigenvalue weighted by Gasteiger charge is 2.18. The molecule has 88 valence electrons. The first-order chi connectivity index (χ1) is 7.70. The number of nitrogens with zero attached hydrogens (tertiary/aromatic N) is 1. The van der Waals surface area contributed by atoms with Crippen LogP contribution in [0.15, 0.2) is 18.2 Å². The van der Waals surface area contributed by atoms with Gasteiger partial charge in [-0.15, -0.1) is 0 Å². The Labute approximate surface area is 101 Å². The molecule has 1 saturated heterocycles. The van der Waals surface area contributed by atoms with E-state index in [0.717, 1.165) is 30.6 Å². The van der Waals surface area contributed by atoms with Gasteiger partial charge in [0.1, 0.15) is 0 Å². The van der Waals surface area contributed by atoms with Gasteiger partial charge < -0.3 is 15.7 Å². The minimum absolute atomic E-state index is 0.221. The molecule has 3 nitrogen and oxygen atoms in total. The number of hydrogen-bond acceptors (Lipinski definition) is 3. The molecular weight excluding hydrogens is 224 g/mol. The molecule has 1 aromatic carbocycles. The number of piperidine rings is 1. The number of hydrogen-bond donors (Lipinski definition) is 2. The Morgan fingerprint density at radius 2 is 2.31 bits per heavy atom. The maximum Gasteiger partial charge on any atom is 0.0715 e. The number of nitrogens with two attached hydrogens (primary N) is 1. The zero-order chi connectivity index (χ0) is 11.5. The monoisotopic (exact) mass is 240 g/mol. The summed E-state index contributed by atoms with van der Waals surface area (Å²) >= 11 is 6.12. The molecule has 1 aliphatic rings. The number of rotatable bonds is 2. The second-order valence-corrected chi connectivity index (χ2v) is 4.63. The smallest absolute Gasteiger partial charge is 0.0715 e. The predicted octanol–water partition coefficient (Wildman–Crippen LogP) is 1.76. The summed E-state index contributed by atoms with van der Waals surface area (Å²) in [5, 5.41) is 10.3. The zero-order valence-corrected chi connectivity index (χ0v) is 9.95. The number of aliphatic hydroxyl groups is 1. The van der Waals surface area contributed by atoms with E-state index in [4.69, 9.17) is 17.3 Å². The molecule has 1 fully saturated rings. The Balaban J connectivity index is 2.17. The summed E-state index contributed by atoms with van der Waals surface area (Å²) < 4.78 is 0. The van der Waals surface area contributed by atoms with Crippen molar-refractivity contribution in [2.75, 3.05) is 18.0 Å². The number of halogens is 1. The molecule has 1 aromatic rings. The van der Waals surface area contributed by atoms with E-state index in [1.807, 2.05) is 18.2 Å². The first-order valence-corrected chi connectivity index (χ1v) is 6.00. The summed E-state index contributed by atoms with van der Waals surface area (Å²) in [7, 11) is 0. The van der Waals surface area contributed by atoms with Crippen LogP contribution < -0.4 is 10.6 Å². The van der Waals surface area contributed by atoms with E-state index in [0.29, 0.717) is 18.1 Å². The van der Waals surface area contributed by atoms with Gasteiger partial charge in [0.15, 0.2) is 0 Å². The van der Waals surface area contributed by atoms with Crippen LogP contribution >= 0.6 is 11.6 Å². The summed E-state index contributed by atoms with van der Waals surface area (Å²) in [4.78, 5) is 2.17. The van der Waals surface area contributed by atoms with E-state index in [1.54, 1.807) is 0 Å². The van der Waals surface area contributed by atoms with E-state index >= 15 is 0 Å². The minimum atomic E-state index is -0.221. The zero-order valence-electron chi connectivity index (χ0n) is 9.19. The van der Waals surface area contributed by atoms with Crippen LogP contribution in [0.2, 0.25) is 5.02 Å². The normalized spacial score (nSPS) is 21.2. The predicted molar refractivity (Wildman–Crippen MR) is 66.8 cm³/mol. The fraction of sp³-hybridized carbons (Fsp3) is 0.500. The molecule has 0 bridgehead atoms. The van der Waals surface area contributed by atoms with Gasteiger partial charge in [0, 0.05) is 30.3 Å². The van der Waals surface area contributed by atoms with Crippen molar-refractivity contribution in [2.24, 2.45) is 5.73 Å². The third-order valence-corrected chi connectivity index (χ3v) is 3.37. The second kappa shape index (κ2) is 5.04. The highest BCUT2D eigenvalue weighted by Crippen LogP contribution is 2.25. The summed E-state index contributed by atoms with van der Waals surface area (Å²) in [6.45, 7) is 2.13. The quantitative estimate of drug-likeness (QED) is 0.828. The van der Waals surface area contributed by atoms with Crippen LogP contribution in [0, 0.1) is 0 Å². The molecule has 1 atom stereocenters. The van der Waals surface area contributed by atoms with Crippen molar-refractivity contribution in [3.05, 3.63) is 28.8 Å². The topological polar surface area (TPSA) is 49.5 Å². The average molecular weight is 241 g/mol.